The zero-order valence-corrected chi connectivity index (χ0v) is 22.0. The Morgan fingerprint density at radius 1 is 1.12 bits per heavy atom. The van der Waals surface area contributed by atoms with Crippen LogP contribution in [0.4, 0.5) is 10.1 Å². The molecule has 0 aliphatic rings. The van der Waals surface area contributed by atoms with Gasteiger partial charge in [0.2, 0.25) is 0 Å². The molecule has 0 spiro atoms. The molecule has 0 aliphatic carbocycles. The van der Waals surface area contributed by atoms with E-state index in [1.54, 1.807) is 42.5 Å². The standard InChI is InChI=1S/C23H13Cl2FI2N2O2/c24-17-2-1-3-20(21(17)25)30-23(31)15(11-29)8-14-9-18(27)22(19(28)10-14)32-12-13-4-6-16(26)7-5-13/h1-10H,12H2,(H,30,31)/b15-8-. The van der Waals surface area contributed by atoms with Crippen molar-refractivity contribution in [3.05, 3.63) is 94.3 Å². The largest absolute Gasteiger partial charge is 0.487 e. The first-order valence-electron chi connectivity index (χ1n) is 9.02. The van der Waals surface area contributed by atoms with Crippen molar-refractivity contribution < 1.29 is 13.9 Å². The maximum absolute atomic E-state index is 13.1. The van der Waals surface area contributed by atoms with Crippen LogP contribution in [0.2, 0.25) is 10.0 Å². The Labute approximate surface area is 221 Å². The summed E-state index contributed by atoms with van der Waals surface area (Å²) >= 11 is 16.3. The van der Waals surface area contributed by atoms with Gasteiger partial charge in [-0.1, -0.05) is 41.4 Å². The highest BCUT2D eigenvalue weighted by molar-refractivity contribution is 14.1. The van der Waals surface area contributed by atoms with Gasteiger partial charge in [0.15, 0.2) is 0 Å². The van der Waals surface area contributed by atoms with E-state index in [2.05, 4.69) is 50.5 Å². The van der Waals surface area contributed by atoms with Crippen molar-refractivity contribution in [1.29, 1.82) is 5.26 Å². The molecule has 0 bridgehead atoms. The van der Waals surface area contributed by atoms with Gasteiger partial charge >= 0.3 is 0 Å². The van der Waals surface area contributed by atoms with Crippen LogP contribution in [0.25, 0.3) is 6.08 Å². The van der Waals surface area contributed by atoms with Gasteiger partial charge in [0.1, 0.15) is 29.8 Å². The first-order chi connectivity index (χ1) is 15.3. The number of benzene rings is 3. The topological polar surface area (TPSA) is 62.1 Å². The summed E-state index contributed by atoms with van der Waals surface area (Å²) in [7, 11) is 0. The van der Waals surface area contributed by atoms with Crippen LogP contribution in [0.5, 0.6) is 5.75 Å². The summed E-state index contributed by atoms with van der Waals surface area (Å²) in [4.78, 5) is 12.6. The van der Waals surface area contributed by atoms with E-state index in [-0.39, 0.29) is 23.0 Å². The van der Waals surface area contributed by atoms with Gasteiger partial charge in [-0.05, 0) is 98.8 Å². The predicted octanol–water partition coefficient (Wildman–Crippen LogP) is 7.47. The minimum absolute atomic E-state index is 0.0902. The molecule has 0 atom stereocenters. The van der Waals surface area contributed by atoms with Gasteiger partial charge in [0.05, 0.1) is 22.9 Å². The normalized spacial score (nSPS) is 11.1. The van der Waals surface area contributed by atoms with Crippen LogP contribution in [0.15, 0.2) is 60.2 Å². The number of halogens is 5. The third-order valence-corrected chi connectivity index (χ3v) is 6.61. The van der Waals surface area contributed by atoms with Gasteiger partial charge in [-0.3, -0.25) is 4.79 Å². The number of carbonyl (C=O) groups is 1. The van der Waals surface area contributed by atoms with Crippen LogP contribution in [0.3, 0.4) is 0 Å². The number of rotatable bonds is 6. The number of anilines is 1. The molecule has 3 aromatic rings. The van der Waals surface area contributed by atoms with E-state index in [0.29, 0.717) is 22.0 Å². The van der Waals surface area contributed by atoms with Crippen molar-refractivity contribution in [3.63, 3.8) is 0 Å². The molecule has 3 aromatic carbocycles. The second kappa shape index (κ2) is 11.3. The highest BCUT2D eigenvalue weighted by atomic mass is 127. The van der Waals surface area contributed by atoms with Crippen molar-refractivity contribution in [2.75, 3.05) is 5.32 Å². The second-order valence-corrected chi connectivity index (χ2v) is 9.56. The van der Waals surface area contributed by atoms with Crippen LogP contribution in [0.1, 0.15) is 11.1 Å². The molecular weight excluding hydrogens is 680 g/mol. The molecule has 0 heterocycles. The molecule has 162 valence electrons. The van der Waals surface area contributed by atoms with Crippen molar-refractivity contribution in [2.45, 2.75) is 6.61 Å². The van der Waals surface area contributed by atoms with Crippen molar-refractivity contribution in [1.82, 2.24) is 0 Å². The molecule has 1 N–H and O–H groups in total. The highest BCUT2D eigenvalue weighted by Crippen LogP contribution is 2.32. The summed E-state index contributed by atoms with van der Waals surface area (Å²) in [6.07, 6.45) is 1.49. The number of amides is 1. The van der Waals surface area contributed by atoms with Crippen molar-refractivity contribution >= 4 is 86.1 Å². The molecule has 32 heavy (non-hydrogen) atoms. The Balaban J connectivity index is 1.78. The SMILES string of the molecule is N#C/C(=C/c1cc(I)c(OCc2ccc(F)cc2)c(I)c1)C(=O)Nc1cccc(Cl)c1Cl. The lowest BCUT2D eigenvalue weighted by molar-refractivity contribution is -0.112. The predicted molar refractivity (Wildman–Crippen MR) is 141 cm³/mol. The van der Waals surface area contributed by atoms with Crippen LogP contribution in [-0.4, -0.2) is 5.91 Å². The van der Waals surface area contributed by atoms with Gasteiger partial charge in [-0.15, -0.1) is 0 Å². The Morgan fingerprint density at radius 2 is 1.78 bits per heavy atom. The fourth-order valence-electron chi connectivity index (χ4n) is 2.64. The number of hydrogen-bond acceptors (Lipinski definition) is 3. The summed E-state index contributed by atoms with van der Waals surface area (Å²) in [6.45, 7) is 0.285. The third kappa shape index (κ3) is 6.34. The third-order valence-electron chi connectivity index (χ3n) is 4.19. The molecule has 0 unspecified atom stereocenters. The molecule has 0 saturated heterocycles. The van der Waals surface area contributed by atoms with E-state index < -0.39 is 5.91 Å². The van der Waals surface area contributed by atoms with E-state index in [4.69, 9.17) is 27.9 Å². The molecule has 0 radical (unpaired) electrons. The lowest BCUT2D eigenvalue weighted by Gasteiger charge is -2.12. The smallest absolute Gasteiger partial charge is 0.266 e. The molecule has 4 nitrogen and oxygen atoms in total. The number of ether oxygens (including phenoxy) is 1. The number of nitriles is 1. The number of nitrogens with one attached hydrogen (secondary N) is 1. The molecule has 0 fully saturated rings. The molecular formula is C23H13Cl2FI2N2O2. The van der Waals surface area contributed by atoms with Crippen LogP contribution < -0.4 is 10.1 Å². The lowest BCUT2D eigenvalue weighted by Crippen LogP contribution is -2.13. The van der Waals surface area contributed by atoms with E-state index in [1.807, 2.05) is 6.07 Å². The lowest BCUT2D eigenvalue weighted by atomic mass is 10.1. The highest BCUT2D eigenvalue weighted by Gasteiger charge is 2.14. The first-order valence-corrected chi connectivity index (χ1v) is 11.9. The molecule has 1 amide bonds. The summed E-state index contributed by atoms with van der Waals surface area (Å²) < 4.78 is 20.6. The first kappa shape index (κ1) is 24.8. The summed E-state index contributed by atoms with van der Waals surface area (Å²) in [6, 6.07) is 16.5. The summed E-state index contributed by atoms with van der Waals surface area (Å²) in [5.74, 6) is -0.233. The Kier molecular flexibility index (Phi) is 8.76. The number of nitrogens with zero attached hydrogens (tertiary/aromatic N) is 1. The molecule has 0 saturated carbocycles. The molecule has 0 aromatic heterocycles. The van der Waals surface area contributed by atoms with Crippen molar-refractivity contribution in [2.24, 2.45) is 0 Å². The van der Waals surface area contributed by atoms with Crippen LogP contribution >= 0.6 is 68.4 Å². The van der Waals surface area contributed by atoms with Crippen LogP contribution in [0, 0.1) is 24.3 Å². The molecule has 0 aliphatic heterocycles. The van der Waals surface area contributed by atoms with Gasteiger partial charge in [0.25, 0.3) is 5.91 Å². The summed E-state index contributed by atoms with van der Waals surface area (Å²) in [5.41, 5.74) is 1.73. The minimum Gasteiger partial charge on any atom is -0.487 e. The second-order valence-electron chi connectivity index (χ2n) is 6.45. The van der Waals surface area contributed by atoms with E-state index in [9.17, 15) is 14.4 Å². The monoisotopic (exact) mass is 692 g/mol. The zero-order valence-electron chi connectivity index (χ0n) is 16.1. The van der Waals surface area contributed by atoms with Crippen LogP contribution in [-0.2, 0) is 11.4 Å². The van der Waals surface area contributed by atoms with Gasteiger partial charge in [0, 0.05) is 0 Å². The molecule has 9 heteroatoms. The average molecular weight is 693 g/mol. The number of carbonyl (C=O) groups excluding carboxylic acids is 1. The van der Waals surface area contributed by atoms with Gasteiger partial charge < -0.3 is 10.1 Å². The van der Waals surface area contributed by atoms with E-state index in [1.165, 1.54) is 18.2 Å². The fourth-order valence-corrected chi connectivity index (χ4v) is 5.12. The molecule has 3 rings (SSSR count). The Hall–Kier alpha value is -1.87. The Bertz CT molecular complexity index is 1220. The quantitative estimate of drug-likeness (QED) is 0.166. The maximum Gasteiger partial charge on any atom is 0.266 e. The zero-order chi connectivity index (χ0) is 23.3. The fraction of sp³-hybridized carbons (Fsp3) is 0.0435. The van der Waals surface area contributed by atoms with Gasteiger partial charge in [-0.2, -0.15) is 5.26 Å². The summed E-state index contributed by atoms with van der Waals surface area (Å²) in [5, 5.41) is 12.6. The maximum atomic E-state index is 13.1. The van der Waals surface area contributed by atoms with E-state index in [0.717, 1.165) is 12.7 Å². The van der Waals surface area contributed by atoms with Gasteiger partial charge in [-0.25, -0.2) is 4.39 Å². The Morgan fingerprint density at radius 3 is 2.41 bits per heavy atom. The minimum atomic E-state index is -0.599. The van der Waals surface area contributed by atoms with E-state index >= 15 is 0 Å². The van der Waals surface area contributed by atoms with Crippen molar-refractivity contribution in [3.8, 4) is 11.8 Å². The average Bonchev–Trinajstić information content (AvgIpc) is 2.76. The number of hydrogen-bond donors (Lipinski definition) is 1.